The SMILES string of the molecule is CC[C@@H]1c2cc(Cl)ccc2C(=O)N1c1cncc2c1CC[C@@H]2NS(C)(=O)=O. The van der Waals surface area contributed by atoms with Gasteiger partial charge in [0.25, 0.3) is 5.91 Å². The van der Waals surface area contributed by atoms with Crippen molar-refractivity contribution < 1.29 is 13.2 Å². The summed E-state index contributed by atoms with van der Waals surface area (Å²) in [5, 5.41) is 0.607. The Bertz CT molecular complexity index is 1040. The van der Waals surface area contributed by atoms with Crippen LogP contribution in [-0.2, 0) is 16.4 Å². The fraction of sp³-hybridized carbons (Fsp3) is 0.368. The van der Waals surface area contributed by atoms with Gasteiger partial charge in [-0.05, 0) is 54.2 Å². The quantitative estimate of drug-likeness (QED) is 0.845. The molecule has 2 aliphatic rings. The van der Waals surface area contributed by atoms with Gasteiger partial charge in [0.1, 0.15) is 0 Å². The Balaban J connectivity index is 1.78. The van der Waals surface area contributed by atoms with Gasteiger partial charge in [-0.15, -0.1) is 0 Å². The second kappa shape index (κ2) is 6.58. The van der Waals surface area contributed by atoms with E-state index in [1.54, 1.807) is 29.4 Å². The Morgan fingerprint density at radius 3 is 2.78 bits per heavy atom. The molecular formula is C19H20ClN3O3S. The van der Waals surface area contributed by atoms with Crippen molar-refractivity contribution >= 4 is 33.2 Å². The second-order valence-electron chi connectivity index (χ2n) is 7.04. The van der Waals surface area contributed by atoms with E-state index in [4.69, 9.17) is 11.6 Å². The third-order valence-electron chi connectivity index (χ3n) is 5.26. The monoisotopic (exact) mass is 405 g/mol. The molecule has 0 fully saturated rings. The number of benzene rings is 1. The molecule has 1 aliphatic carbocycles. The van der Waals surface area contributed by atoms with E-state index in [1.165, 1.54) is 0 Å². The van der Waals surface area contributed by atoms with Crippen LogP contribution in [-0.4, -0.2) is 25.6 Å². The summed E-state index contributed by atoms with van der Waals surface area (Å²) in [6.45, 7) is 2.03. The lowest BCUT2D eigenvalue weighted by Crippen LogP contribution is -2.29. The van der Waals surface area contributed by atoms with Crippen molar-refractivity contribution in [1.29, 1.82) is 0 Å². The maximum atomic E-state index is 13.1. The maximum Gasteiger partial charge on any atom is 0.259 e. The van der Waals surface area contributed by atoms with Crippen LogP contribution in [0.15, 0.2) is 30.6 Å². The van der Waals surface area contributed by atoms with Crippen molar-refractivity contribution in [2.45, 2.75) is 38.3 Å². The number of nitrogens with zero attached hydrogens (tertiary/aromatic N) is 2. The lowest BCUT2D eigenvalue weighted by atomic mass is 10.0. The Kier molecular flexibility index (Phi) is 4.49. The summed E-state index contributed by atoms with van der Waals surface area (Å²) in [7, 11) is -3.33. The molecule has 0 radical (unpaired) electrons. The van der Waals surface area contributed by atoms with Crippen LogP contribution < -0.4 is 9.62 Å². The molecule has 27 heavy (non-hydrogen) atoms. The van der Waals surface area contributed by atoms with E-state index in [0.29, 0.717) is 23.4 Å². The Morgan fingerprint density at radius 1 is 1.30 bits per heavy atom. The molecule has 8 heteroatoms. The van der Waals surface area contributed by atoms with Crippen molar-refractivity contribution in [1.82, 2.24) is 9.71 Å². The highest BCUT2D eigenvalue weighted by atomic mass is 35.5. The number of hydrogen-bond acceptors (Lipinski definition) is 4. The smallest absolute Gasteiger partial charge is 0.259 e. The normalized spacial score (nSPS) is 21.4. The number of nitrogens with one attached hydrogen (secondary N) is 1. The summed E-state index contributed by atoms with van der Waals surface area (Å²) in [6, 6.07) is 4.94. The van der Waals surface area contributed by atoms with Crippen molar-refractivity contribution in [3.8, 4) is 0 Å². The Hall–Kier alpha value is -1.96. The van der Waals surface area contributed by atoms with Crippen LogP contribution in [0.5, 0.6) is 0 Å². The minimum atomic E-state index is -3.33. The standard InChI is InChI=1S/C19H20ClN3O3S/c1-3-17-14-8-11(20)4-5-13(14)19(24)23(17)18-10-21-9-15-12(18)6-7-16(15)22-27(2,25)26/h4-5,8-10,16-17,22H,3,6-7H2,1-2H3/t16-,17+/m0/s1. The number of anilines is 1. The van der Waals surface area contributed by atoms with Crippen LogP contribution in [0.4, 0.5) is 5.69 Å². The number of hydrogen-bond donors (Lipinski definition) is 1. The summed E-state index contributed by atoms with van der Waals surface area (Å²) in [4.78, 5) is 19.2. The van der Waals surface area contributed by atoms with E-state index >= 15 is 0 Å². The van der Waals surface area contributed by atoms with Gasteiger partial charge in [-0.25, -0.2) is 13.1 Å². The third-order valence-corrected chi connectivity index (χ3v) is 6.21. The van der Waals surface area contributed by atoms with Crippen molar-refractivity contribution in [3.63, 3.8) is 0 Å². The van der Waals surface area contributed by atoms with Gasteiger partial charge in [0.2, 0.25) is 10.0 Å². The zero-order chi connectivity index (χ0) is 19.3. The Morgan fingerprint density at radius 2 is 2.07 bits per heavy atom. The van der Waals surface area contributed by atoms with Crippen LogP contribution in [0.3, 0.4) is 0 Å². The number of carbonyl (C=O) groups is 1. The van der Waals surface area contributed by atoms with E-state index in [0.717, 1.165) is 35.1 Å². The zero-order valence-electron chi connectivity index (χ0n) is 15.1. The predicted octanol–water partition coefficient (Wildman–Crippen LogP) is 3.38. The minimum Gasteiger partial charge on any atom is -0.299 e. The molecule has 1 amide bonds. The molecule has 1 aromatic heterocycles. The molecule has 0 saturated carbocycles. The average molecular weight is 406 g/mol. The highest BCUT2D eigenvalue weighted by Crippen LogP contribution is 2.44. The summed E-state index contributed by atoms with van der Waals surface area (Å²) in [5.41, 5.74) is 4.17. The average Bonchev–Trinajstić information content (AvgIpc) is 3.12. The van der Waals surface area contributed by atoms with Crippen LogP contribution >= 0.6 is 11.6 Å². The van der Waals surface area contributed by atoms with E-state index in [2.05, 4.69) is 9.71 Å². The van der Waals surface area contributed by atoms with Gasteiger partial charge in [0.15, 0.2) is 0 Å². The Labute approximate surface area is 163 Å². The summed E-state index contributed by atoms with van der Waals surface area (Å²) < 4.78 is 26.0. The van der Waals surface area contributed by atoms with Gasteiger partial charge in [-0.3, -0.25) is 14.7 Å². The number of sulfonamides is 1. The molecule has 2 aromatic rings. The molecule has 4 rings (SSSR count). The molecular weight excluding hydrogens is 386 g/mol. The number of halogens is 1. The molecule has 1 N–H and O–H groups in total. The largest absolute Gasteiger partial charge is 0.299 e. The van der Waals surface area contributed by atoms with E-state index < -0.39 is 10.0 Å². The van der Waals surface area contributed by atoms with E-state index in [1.807, 2.05) is 13.0 Å². The molecule has 1 aliphatic heterocycles. The van der Waals surface area contributed by atoms with E-state index in [9.17, 15) is 13.2 Å². The topological polar surface area (TPSA) is 79.4 Å². The van der Waals surface area contributed by atoms with Crippen molar-refractivity contribution in [3.05, 3.63) is 57.9 Å². The lowest BCUT2D eigenvalue weighted by Gasteiger charge is -2.26. The first kappa shape index (κ1) is 18.4. The molecule has 0 saturated heterocycles. The molecule has 2 atom stereocenters. The molecule has 1 aromatic carbocycles. The van der Waals surface area contributed by atoms with Gasteiger partial charge >= 0.3 is 0 Å². The van der Waals surface area contributed by atoms with E-state index in [-0.39, 0.29) is 18.0 Å². The van der Waals surface area contributed by atoms with Crippen LogP contribution in [0.25, 0.3) is 0 Å². The number of aromatic nitrogens is 1. The highest BCUT2D eigenvalue weighted by Gasteiger charge is 2.39. The second-order valence-corrected chi connectivity index (χ2v) is 9.25. The van der Waals surface area contributed by atoms with Crippen LogP contribution in [0.1, 0.15) is 58.9 Å². The van der Waals surface area contributed by atoms with Gasteiger partial charge < -0.3 is 0 Å². The number of carbonyl (C=O) groups excluding carboxylic acids is 1. The zero-order valence-corrected chi connectivity index (χ0v) is 16.6. The van der Waals surface area contributed by atoms with Crippen molar-refractivity contribution in [2.24, 2.45) is 0 Å². The summed E-state index contributed by atoms with van der Waals surface area (Å²) >= 11 is 6.15. The highest BCUT2D eigenvalue weighted by molar-refractivity contribution is 7.88. The number of pyridine rings is 1. The maximum absolute atomic E-state index is 13.1. The van der Waals surface area contributed by atoms with Gasteiger partial charge in [-0.1, -0.05) is 18.5 Å². The van der Waals surface area contributed by atoms with Gasteiger partial charge in [0.05, 0.1) is 24.2 Å². The molecule has 2 heterocycles. The van der Waals surface area contributed by atoms with Crippen molar-refractivity contribution in [2.75, 3.05) is 11.2 Å². The first-order valence-electron chi connectivity index (χ1n) is 8.87. The molecule has 0 unspecified atom stereocenters. The summed E-state index contributed by atoms with van der Waals surface area (Å²) in [6.07, 6.45) is 6.64. The fourth-order valence-electron chi connectivity index (χ4n) is 4.19. The van der Waals surface area contributed by atoms with Gasteiger partial charge in [-0.2, -0.15) is 0 Å². The molecule has 0 bridgehead atoms. The summed E-state index contributed by atoms with van der Waals surface area (Å²) in [5.74, 6) is -0.0664. The predicted molar refractivity (Wildman–Crippen MR) is 105 cm³/mol. The third kappa shape index (κ3) is 3.13. The number of fused-ring (bicyclic) bond motifs is 2. The van der Waals surface area contributed by atoms with Gasteiger partial charge in [0, 0.05) is 22.8 Å². The number of rotatable bonds is 4. The molecule has 0 spiro atoms. The van der Waals surface area contributed by atoms with Crippen LogP contribution in [0.2, 0.25) is 5.02 Å². The number of amides is 1. The van der Waals surface area contributed by atoms with Crippen LogP contribution in [0, 0.1) is 0 Å². The lowest BCUT2D eigenvalue weighted by molar-refractivity contribution is 0.0990. The molecule has 142 valence electrons. The first-order valence-corrected chi connectivity index (χ1v) is 11.1. The first-order chi connectivity index (χ1) is 12.8. The molecule has 6 nitrogen and oxygen atoms in total. The minimum absolute atomic E-state index is 0.0664. The fourth-order valence-corrected chi connectivity index (χ4v) is 5.13.